The Morgan fingerprint density at radius 3 is 2.03 bits per heavy atom. The van der Waals surface area contributed by atoms with Crippen molar-refractivity contribution in [2.45, 2.75) is 0 Å². The molecule has 0 unspecified atom stereocenters. The number of phenolic OH excluding ortho intramolecular Hbond substituents is 1. The minimum Gasteiger partial charge on any atom is -0.507 e. The highest BCUT2D eigenvalue weighted by Gasteiger charge is 2.31. The Hall–Kier alpha value is -4.59. The van der Waals surface area contributed by atoms with Gasteiger partial charge in [0.1, 0.15) is 17.1 Å². The lowest BCUT2D eigenvalue weighted by atomic mass is 9.85. The Labute approximate surface area is 223 Å². The van der Waals surface area contributed by atoms with E-state index in [1.807, 2.05) is 0 Å². The summed E-state index contributed by atoms with van der Waals surface area (Å²) < 4.78 is 6.14. The fourth-order valence-electron chi connectivity index (χ4n) is 5.05. The summed E-state index contributed by atoms with van der Waals surface area (Å²) in [6.07, 6.45) is 0. The maximum atomic E-state index is 13.0. The first-order chi connectivity index (χ1) is 18.2. The van der Waals surface area contributed by atoms with Gasteiger partial charge < -0.3 is 19.7 Å². The van der Waals surface area contributed by atoms with Crippen molar-refractivity contribution in [1.29, 1.82) is 0 Å². The largest absolute Gasteiger partial charge is 0.507 e. The van der Waals surface area contributed by atoms with Crippen molar-refractivity contribution < 1.29 is 29.3 Å². The molecule has 0 aromatic heterocycles. The third kappa shape index (κ3) is 3.33. The Kier molecular flexibility index (Phi) is 5.31. The molecule has 4 aromatic rings. The van der Waals surface area contributed by atoms with Crippen molar-refractivity contribution in [2.24, 2.45) is 0 Å². The molecule has 0 radical (unpaired) electrons. The summed E-state index contributed by atoms with van der Waals surface area (Å²) in [6, 6.07) is 17.4. The number of phenols is 1. The summed E-state index contributed by atoms with van der Waals surface area (Å²) in [5.74, 6) is -2.91. The molecule has 0 saturated heterocycles. The van der Waals surface area contributed by atoms with Gasteiger partial charge in [0.25, 0.3) is 0 Å². The van der Waals surface area contributed by atoms with Crippen LogP contribution < -0.4 is 5.43 Å². The van der Waals surface area contributed by atoms with Gasteiger partial charge in [-0.25, -0.2) is 9.59 Å². The van der Waals surface area contributed by atoms with Crippen LogP contribution in [0.15, 0.2) is 75.9 Å². The molecule has 3 N–H and O–H groups in total. The number of carboxylic acid groups (broad SMARTS) is 2. The quantitative estimate of drug-likeness (QED) is 0.158. The Morgan fingerprint density at radius 2 is 1.37 bits per heavy atom. The van der Waals surface area contributed by atoms with Crippen LogP contribution in [0.25, 0.3) is 55.0 Å². The number of aromatic hydroxyl groups is 1. The van der Waals surface area contributed by atoms with Crippen LogP contribution in [0.2, 0.25) is 10.0 Å². The lowest BCUT2D eigenvalue weighted by Crippen LogP contribution is -2.09. The zero-order valence-corrected chi connectivity index (χ0v) is 20.6. The number of carboxylic acids is 2. The van der Waals surface area contributed by atoms with E-state index < -0.39 is 28.1 Å². The van der Waals surface area contributed by atoms with Gasteiger partial charge in [-0.3, -0.25) is 4.79 Å². The molecule has 0 bridgehead atoms. The number of hydrogen-bond acceptors (Lipinski definition) is 5. The van der Waals surface area contributed by atoms with Crippen molar-refractivity contribution in [3.8, 4) is 28.2 Å². The van der Waals surface area contributed by atoms with Crippen molar-refractivity contribution >= 4 is 67.7 Å². The van der Waals surface area contributed by atoms with Crippen molar-refractivity contribution in [1.82, 2.24) is 0 Å². The van der Waals surface area contributed by atoms with Crippen LogP contribution in [-0.2, 0) is 0 Å². The number of rotatable bonds is 3. The van der Waals surface area contributed by atoms with Crippen LogP contribution in [0.4, 0.5) is 0 Å². The topological polar surface area (TPSA) is 125 Å². The molecule has 6 rings (SSSR count). The highest BCUT2D eigenvalue weighted by Crippen LogP contribution is 2.50. The Balaban J connectivity index is 2.00. The van der Waals surface area contributed by atoms with Crippen molar-refractivity contribution in [3.63, 3.8) is 0 Å². The standard InChI is InChI=1S/C29H14Cl2O7/c30-17-9-16(28(34)35)27(31)26(29(36)37)24(17)25-22-14-7-3-1-5-12(14)18(32)10-20(22)38-21-11-19(33)13-6-2-4-8-15(13)23(21)25/h1-11,32H,(H,34,35)(H,36,37). The van der Waals surface area contributed by atoms with Crippen molar-refractivity contribution in [3.05, 3.63) is 98.1 Å². The Morgan fingerprint density at radius 1 is 0.737 bits per heavy atom. The first kappa shape index (κ1) is 23.8. The molecule has 1 aliphatic heterocycles. The molecule has 0 atom stereocenters. The monoisotopic (exact) mass is 544 g/mol. The van der Waals surface area contributed by atoms with E-state index in [-0.39, 0.29) is 38.7 Å². The average Bonchev–Trinajstić information content (AvgIpc) is 2.88. The van der Waals surface area contributed by atoms with E-state index in [1.54, 1.807) is 48.5 Å². The number of benzene rings is 5. The first-order valence-corrected chi connectivity index (χ1v) is 12.0. The maximum Gasteiger partial charge on any atom is 0.337 e. The second-order valence-corrected chi connectivity index (χ2v) is 9.45. The molecule has 0 saturated carbocycles. The van der Waals surface area contributed by atoms with E-state index in [9.17, 15) is 29.7 Å². The van der Waals surface area contributed by atoms with Gasteiger partial charge in [0.05, 0.1) is 21.2 Å². The smallest absolute Gasteiger partial charge is 0.337 e. The SMILES string of the molecule is O=C(O)c1cc(Cl)c(-c2c3c4ccccc4c(=O)cc-3oc3cc(O)c4ccccc4c23)c(C(=O)O)c1Cl. The van der Waals surface area contributed by atoms with Crippen LogP contribution in [0, 0.1) is 0 Å². The zero-order chi connectivity index (χ0) is 26.9. The number of halogens is 2. The number of fused-ring (bicyclic) bond motifs is 6. The summed E-state index contributed by atoms with van der Waals surface area (Å²) in [4.78, 5) is 37.4. The molecule has 7 nitrogen and oxygen atoms in total. The first-order valence-electron chi connectivity index (χ1n) is 11.2. The number of carbonyl (C=O) groups is 2. The zero-order valence-electron chi connectivity index (χ0n) is 19.1. The van der Waals surface area contributed by atoms with E-state index in [0.717, 1.165) is 6.07 Å². The second kappa shape index (κ2) is 8.48. The van der Waals surface area contributed by atoms with Crippen LogP contribution in [0.3, 0.4) is 0 Å². The molecular weight excluding hydrogens is 531 g/mol. The molecule has 0 fully saturated rings. The summed E-state index contributed by atoms with van der Waals surface area (Å²) in [7, 11) is 0. The average molecular weight is 545 g/mol. The van der Waals surface area contributed by atoms with Crippen LogP contribution in [0.1, 0.15) is 20.7 Å². The minimum absolute atomic E-state index is 0.0420. The van der Waals surface area contributed by atoms with E-state index >= 15 is 0 Å². The van der Waals surface area contributed by atoms with Crippen molar-refractivity contribution in [2.75, 3.05) is 0 Å². The van der Waals surface area contributed by atoms with Gasteiger partial charge >= 0.3 is 11.9 Å². The Bertz CT molecular complexity index is 2040. The molecule has 1 aliphatic carbocycles. The third-order valence-electron chi connectivity index (χ3n) is 6.59. The molecule has 0 amide bonds. The molecule has 0 spiro atoms. The lowest BCUT2D eigenvalue weighted by molar-refractivity contribution is 0.0696. The molecule has 2 aliphatic rings. The lowest BCUT2D eigenvalue weighted by Gasteiger charge is -2.22. The van der Waals surface area contributed by atoms with Gasteiger partial charge in [0.15, 0.2) is 5.43 Å². The van der Waals surface area contributed by atoms with Gasteiger partial charge in [0.2, 0.25) is 0 Å². The van der Waals surface area contributed by atoms with E-state index in [2.05, 4.69) is 0 Å². The summed E-state index contributed by atoms with van der Waals surface area (Å²) in [5, 5.41) is 32.2. The second-order valence-electron chi connectivity index (χ2n) is 8.67. The predicted molar refractivity (Wildman–Crippen MR) is 145 cm³/mol. The summed E-state index contributed by atoms with van der Waals surface area (Å²) in [5.41, 5.74) is -0.541. The predicted octanol–water partition coefficient (Wildman–Crippen LogP) is 7.28. The van der Waals surface area contributed by atoms with E-state index in [0.29, 0.717) is 32.5 Å². The highest BCUT2D eigenvalue weighted by atomic mass is 35.5. The van der Waals surface area contributed by atoms with Crippen LogP contribution >= 0.6 is 23.2 Å². The molecular formula is C29H14Cl2O7. The number of hydrogen-bond donors (Lipinski definition) is 3. The molecule has 4 aromatic carbocycles. The highest BCUT2D eigenvalue weighted by molar-refractivity contribution is 6.41. The van der Waals surface area contributed by atoms with E-state index in [1.165, 1.54) is 12.1 Å². The van der Waals surface area contributed by atoms with Gasteiger partial charge in [-0.1, -0.05) is 71.7 Å². The van der Waals surface area contributed by atoms with Crippen LogP contribution in [0.5, 0.6) is 5.75 Å². The van der Waals surface area contributed by atoms with Gasteiger partial charge in [-0.05, 0) is 16.8 Å². The summed E-state index contributed by atoms with van der Waals surface area (Å²) in [6.45, 7) is 0. The molecule has 1 heterocycles. The molecule has 38 heavy (non-hydrogen) atoms. The third-order valence-corrected chi connectivity index (χ3v) is 7.28. The van der Waals surface area contributed by atoms with Gasteiger partial charge in [-0.2, -0.15) is 0 Å². The summed E-state index contributed by atoms with van der Waals surface area (Å²) >= 11 is 13.0. The maximum absolute atomic E-state index is 13.0. The normalized spacial score (nSPS) is 11.5. The van der Waals surface area contributed by atoms with Gasteiger partial charge in [-0.15, -0.1) is 0 Å². The van der Waals surface area contributed by atoms with Gasteiger partial charge in [0, 0.05) is 45.0 Å². The number of aromatic carboxylic acids is 2. The minimum atomic E-state index is -1.50. The fraction of sp³-hybridized carbons (Fsp3) is 0. The fourth-order valence-corrected chi connectivity index (χ4v) is 5.65. The molecule has 9 heteroatoms. The van der Waals surface area contributed by atoms with E-state index in [4.69, 9.17) is 27.6 Å². The van der Waals surface area contributed by atoms with Crippen LogP contribution in [-0.4, -0.2) is 27.3 Å². The molecule has 186 valence electrons.